The van der Waals surface area contributed by atoms with Gasteiger partial charge < -0.3 is 39.4 Å². The van der Waals surface area contributed by atoms with Crippen LogP contribution in [0, 0.1) is 0 Å². The van der Waals surface area contributed by atoms with E-state index in [1.165, 1.54) is 0 Å². The molecule has 338 valence electrons. The van der Waals surface area contributed by atoms with Gasteiger partial charge in [0.05, 0.1) is 46.2 Å². The zero-order valence-electron chi connectivity index (χ0n) is 36.5. The fourth-order valence-electron chi connectivity index (χ4n) is 8.09. The van der Waals surface area contributed by atoms with Gasteiger partial charge in [0.2, 0.25) is 0 Å². The van der Waals surface area contributed by atoms with Crippen LogP contribution in [0.25, 0.3) is 0 Å². The Bertz CT molecular complexity index is 1870. The highest BCUT2D eigenvalue weighted by atomic mass is 28.4. The molecule has 0 radical (unpaired) electrons. The third-order valence-corrected chi connectivity index (χ3v) is 21.3. The summed E-state index contributed by atoms with van der Waals surface area (Å²) >= 11 is 0. The number of nitrogens with zero attached hydrogens (tertiary/aromatic N) is 2. The molecule has 4 aromatic rings. The van der Waals surface area contributed by atoms with Crippen LogP contribution in [0.5, 0.6) is 0 Å². The Morgan fingerprint density at radius 1 is 0.532 bits per heavy atom. The molecule has 62 heavy (non-hydrogen) atoms. The van der Waals surface area contributed by atoms with Gasteiger partial charge in [0.1, 0.15) is 31.0 Å². The first-order valence-electron chi connectivity index (χ1n) is 20.9. The number of alkyl halides is 4. The Kier molecular flexibility index (Phi) is 16.8. The zero-order valence-corrected chi connectivity index (χ0v) is 38.5. The number of hydrogen-bond acceptors (Lipinski definition) is 9. The third kappa shape index (κ3) is 11.4. The minimum Gasteiger partial charge on any atom is -0.405 e. The van der Waals surface area contributed by atoms with Crippen LogP contribution in [-0.2, 0) is 27.8 Å². The van der Waals surface area contributed by atoms with E-state index in [2.05, 4.69) is 100 Å². The van der Waals surface area contributed by atoms with Gasteiger partial charge in [0.15, 0.2) is 0 Å². The molecule has 0 bridgehead atoms. The smallest absolute Gasteiger partial charge is 0.296 e. The van der Waals surface area contributed by atoms with Crippen LogP contribution in [0.4, 0.5) is 17.6 Å². The first-order chi connectivity index (χ1) is 29.4. The molecule has 2 fully saturated rings. The molecular weight excluding hydrogens is 837 g/mol. The largest absolute Gasteiger partial charge is 0.405 e. The Morgan fingerprint density at radius 3 is 1.11 bits per heavy atom. The van der Waals surface area contributed by atoms with Crippen LogP contribution >= 0.6 is 0 Å². The van der Waals surface area contributed by atoms with Gasteiger partial charge in [0.25, 0.3) is 28.5 Å². The van der Waals surface area contributed by atoms with Gasteiger partial charge in [-0.2, -0.15) is 5.11 Å². The number of nitrogens with two attached hydrogens (primary N) is 2. The molecule has 0 amide bonds. The van der Waals surface area contributed by atoms with Crippen molar-refractivity contribution in [2.45, 2.75) is 87.9 Å². The van der Waals surface area contributed by atoms with Crippen molar-refractivity contribution in [1.82, 2.24) is 0 Å². The van der Waals surface area contributed by atoms with Crippen molar-refractivity contribution in [3.8, 4) is 0 Å². The Hall–Kier alpha value is -3.85. The van der Waals surface area contributed by atoms with Crippen molar-refractivity contribution in [3.63, 3.8) is 0 Å². The molecule has 4 unspecified atom stereocenters. The summed E-state index contributed by atoms with van der Waals surface area (Å²) in [5.74, 6) is -1.46. The standard InChI is InChI=1S/C23H31F2N3O3Si.C23H31F2NO3Si/c1-22(2,3)32(19-10-6-4-7-11-19,20-12-8-5-9-13-20)31-15-18-14-30-21(16-29-18)23(24,25)17-27-28-26;1-22(2,3)30(19-10-6-4-7-11-19,20-12-8-5-9-13-20)29-15-18-14-28-21(16-27-18)23(24,25)17-26/h4-13,18,21H,14-17H2,1-3H3,(H2,26,27);4-13,18,21H,14-17,26H2,1-3H3. The minimum absolute atomic E-state index is 0.0121. The topological polar surface area (TPSA) is 132 Å². The van der Waals surface area contributed by atoms with E-state index < -0.39 is 66.0 Å². The Balaban J connectivity index is 0.000000235. The van der Waals surface area contributed by atoms with Crippen molar-refractivity contribution in [2.75, 3.05) is 52.7 Å². The molecule has 2 aliphatic heterocycles. The summed E-state index contributed by atoms with van der Waals surface area (Å²) in [5.41, 5.74) is 5.16. The van der Waals surface area contributed by atoms with Gasteiger partial charge in [-0.1, -0.05) is 168 Å². The normalized spacial score (nSPS) is 20.7. The van der Waals surface area contributed by atoms with Gasteiger partial charge in [-0.05, 0) is 30.8 Å². The lowest BCUT2D eigenvalue weighted by Crippen LogP contribution is -2.67. The summed E-state index contributed by atoms with van der Waals surface area (Å²) in [6, 6.07) is 41.0. The number of ether oxygens (including phenoxy) is 4. The van der Waals surface area contributed by atoms with Crippen molar-refractivity contribution in [3.05, 3.63) is 121 Å². The molecule has 10 nitrogen and oxygen atoms in total. The maximum Gasteiger partial charge on any atom is 0.296 e. The fraction of sp³-hybridized carbons (Fsp3) is 0.478. The quantitative estimate of drug-likeness (QED) is 0.0471. The van der Waals surface area contributed by atoms with Crippen LogP contribution in [0.1, 0.15) is 41.5 Å². The van der Waals surface area contributed by atoms with Crippen LogP contribution in [0.3, 0.4) is 0 Å². The molecule has 0 aliphatic carbocycles. The highest BCUT2D eigenvalue weighted by Gasteiger charge is 2.52. The first kappa shape index (κ1) is 49.2. The van der Waals surface area contributed by atoms with Gasteiger partial charge in [0, 0.05) is 0 Å². The number of hydrogen-bond donors (Lipinski definition) is 2. The summed E-state index contributed by atoms with van der Waals surface area (Å²) in [6.45, 7) is 11.7. The average Bonchev–Trinajstić information content (AvgIpc) is 3.27. The predicted molar refractivity (Wildman–Crippen MR) is 239 cm³/mol. The summed E-state index contributed by atoms with van der Waals surface area (Å²) in [5, 5.41) is 10.4. The van der Waals surface area contributed by atoms with E-state index in [9.17, 15) is 17.6 Å². The highest BCUT2D eigenvalue weighted by Crippen LogP contribution is 2.38. The number of halogens is 4. The van der Waals surface area contributed by atoms with Gasteiger partial charge >= 0.3 is 0 Å². The Labute approximate surface area is 365 Å². The lowest BCUT2D eigenvalue weighted by molar-refractivity contribution is -0.215. The second-order valence-electron chi connectivity index (χ2n) is 17.6. The molecule has 6 rings (SSSR count). The number of benzene rings is 4. The summed E-state index contributed by atoms with van der Waals surface area (Å²) in [4.78, 5) is 0. The molecule has 2 aliphatic rings. The molecule has 2 saturated heterocycles. The Morgan fingerprint density at radius 2 is 0.855 bits per heavy atom. The van der Waals surface area contributed by atoms with Crippen molar-refractivity contribution in [1.29, 1.82) is 0 Å². The van der Waals surface area contributed by atoms with Crippen LogP contribution in [0.15, 0.2) is 132 Å². The predicted octanol–water partition coefficient (Wildman–Crippen LogP) is 6.25. The zero-order chi connectivity index (χ0) is 45.1. The van der Waals surface area contributed by atoms with Crippen LogP contribution < -0.4 is 32.3 Å². The minimum atomic E-state index is -3.20. The molecule has 16 heteroatoms. The van der Waals surface area contributed by atoms with E-state index in [0.717, 1.165) is 20.7 Å². The fourth-order valence-corrected chi connectivity index (χ4v) is 17.3. The molecule has 4 atom stereocenters. The molecule has 4 N–H and O–H groups in total. The van der Waals surface area contributed by atoms with Crippen molar-refractivity contribution >= 4 is 37.4 Å². The second-order valence-corrected chi connectivity index (χ2v) is 26.3. The molecule has 4 aromatic carbocycles. The monoisotopic (exact) mass is 898 g/mol. The van der Waals surface area contributed by atoms with Gasteiger partial charge in [-0.25, -0.2) is 17.6 Å². The SMILES string of the molecule is CC(C)(C)[Si](OCC1COC(C(F)(F)CN)CO1)(c1ccccc1)c1ccccc1.CC(C)(C)[Si](OCC1COC(C(F)(F)CN=NN)CO1)(c1ccccc1)c1ccccc1. The summed E-state index contributed by atoms with van der Waals surface area (Å²) < 4.78 is 91.7. The van der Waals surface area contributed by atoms with Gasteiger partial charge in [-0.3, -0.25) is 0 Å². The molecule has 2 heterocycles. The maximum absolute atomic E-state index is 14.2. The first-order valence-corrected chi connectivity index (χ1v) is 24.7. The van der Waals surface area contributed by atoms with Crippen LogP contribution in [0.2, 0.25) is 10.1 Å². The maximum atomic E-state index is 14.2. The molecule has 0 aromatic heterocycles. The highest BCUT2D eigenvalue weighted by molar-refractivity contribution is 7.00. The van der Waals surface area contributed by atoms with E-state index in [0.29, 0.717) is 0 Å². The molecular formula is C46H62F4N4O6Si2. The van der Waals surface area contributed by atoms with Crippen LogP contribution in [-0.4, -0.2) is 106 Å². The van der Waals surface area contributed by atoms with Crippen molar-refractivity contribution < 1.29 is 45.4 Å². The van der Waals surface area contributed by atoms with Crippen molar-refractivity contribution in [2.24, 2.45) is 21.9 Å². The molecule has 0 saturated carbocycles. The van der Waals surface area contributed by atoms with E-state index >= 15 is 0 Å². The summed E-state index contributed by atoms with van der Waals surface area (Å²) in [6.07, 6.45) is -3.56. The van der Waals surface area contributed by atoms with E-state index in [1.807, 2.05) is 72.8 Å². The number of rotatable bonds is 15. The average molecular weight is 899 g/mol. The third-order valence-electron chi connectivity index (χ3n) is 11.3. The van der Waals surface area contributed by atoms with E-state index in [4.69, 9.17) is 39.4 Å². The van der Waals surface area contributed by atoms with E-state index in [1.54, 1.807) is 0 Å². The lowest BCUT2D eigenvalue weighted by atomic mass is 10.2. The van der Waals surface area contributed by atoms with Gasteiger partial charge in [-0.15, -0.1) is 0 Å². The van der Waals surface area contributed by atoms with E-state index in [-0.39, 0.29) is 49.7 Å². The lowest BCUT2D eigenvalue weighted by Gasteiger charge is -2.44. The summed E-state index contributed by atoms with van der Waals surface area (Å²) in [7, 11) is -5.43. The molecule has 0 spiro atoms. The second kappa shape index (κ2) is 21.2.